The molecule has 0 atom stereocenters. The van der Waals surface area contributed by atoms with E-state index in [-0.39, 0.29) is 37.0 Å². The highest BCUT2D eigenvalue weighted by Gasteiger charge is 2.21. The number of nitro benzene ring substituents is 1. The summed E-state index contributed by atoms with van der Waals surface area (Å²) in [6.07, 6.45) is 0.322. The van der Waals surface area contributed by atoms with Gasteiger partial charge in [-0.3, -0.25) is 10.1 Å². The molecule has 5 aromatic carbocycles. The number of nitrogen functional groups attached to an aromatic ring is 1. The molecule has 0 bridgehead atoms. The fourth-order valence-electron chi connectivity index (χ4n) is 5.37. The summed E-state index contributed by atoms with van der Waals surface area (Å²) in [4.78, 5) is 13.0. The van der Waals surface area contributed by atoms with Crippen molar-refractivity contribution >= 4 is 46.1 Å². The van der Waals surface area contributed by atoms with Crippen molar-refractivity contribution < 1.29 is 34.1 Å². The average Bonchev–Trinajstić information content (AvgIpc) is 3.23. The molecule has 338 valence electrons. The van der Waals surface area contributed by atoms with Crippen molar-refractivity contribution in [3.63, 3.8) is 0 Å². The average molecular weight is 913 g/mol. The van der Waals surface area contributed by atoms with Gasteiger partial charge in [0.15, 0.2) is 10.9 Å². The number of nitrogens with zero attached hydrogens (tertiary/aromatic N) is 3. The molecule has 0 saturated carbocycles. The van der Waals surface area contributed by atoms with Crippen LogP contribution < -0.4 is 16.4 Å². The van der Waals surface area contributed by atoms with Crippen LogP contribution in [0.3, 0.4) is 0 Å². The molecule has 0 aliphatic heterocycles. The van der Waals surface area contributed by atoms with Crippen LogP contribution in [0.4, 0.5) is 37.7 Å². The molecule has 16 heteroatoms. The van der Waals surface area contributed by atoms with E-state index < -0.39 is 51.1 Å². The first-order chi connectivity index (χ1) is 29.5. The van der Waals surface area contributed by atoms with Gasteiger partial charge in [0.05, 0.1) is 22.3 Å². The van der Waals surface area contributed by atoms with Gasteiger partial charge in [0.25, 0.3) is 0 Å². The standard InChI is InChI=1S/C20H24F2N2S.C12H15NS.C8H9F2N.C7H2F2N2O2.2H2/c1-13-5-10-17(21)16(18(13)22)12-24-19(25)23-11-14-6-8-15(9-7-14)20(2,3)4;1-12(2,3)11-6-4-10(5-7-11)8-13-9-14;1-2-5-6(9)3-4-7(11)8(5)10;8-5-1-2-6(11(12)13)7(9)4(5)3-10;;/h5-10H,11-12H2,1-4H3,(H2,23,24,25);4-7H,8H2,1-3H3;3-4H,2,11H2,1H3;1-2H;2*1H. The van der Waals surface area contributed by atoms with E-state index in [4.69, 9.17) is 23.2 Å². The van der Waals surface area contributed by atoms with Crippen molar-refractivity contribution in [2.24, 2.45) is 4.99 Å². The number of aliphatic imine (C=N–C) groups is 1. The number of nitrogens with two attached hydrogens (primary N) is 1. The van der Waals surface area contributed by atoms with Crippen LogP contribution in [0, 0.1) is 63.3 Å². The van der Waals surface area contributed by atoms with Crippen molar-refractivity contribution in [2.45, 2.75) is 92.3 Å². The Balaban J connectivity index is 0.000000882. The summed E-state index contributed by atoms with van der Waals surface area (Å²) < 4.78 is 78.8. The van der Waals surface area contributed by atoms with Crippen LogP contribution >= 0.6 is 24.4 Å². The van der Waals surface area contributed by atoms with Gasteiger partial charge in [-0.05, 0) is 101 Å². The zero-order valence-electron chi connectivity index (χ0n) is 36.2. The predicted octanol–water partition coefficient (Wildman–Crippen LogP) is 12.7. The molecule has 0 aromatic heterocycles. The lowest BCUT2D eigenvalue weighted by atomic mass is 9.87. The summed E-state index contributed by atoms with van der Waals surface area (Å²) in [6.45, 7) is 17.6. The van der Waals surface area contributed by atoms with Crippen LogP contribution in [0.25, 0.3) is 0 Å². The van der Waals surface area contributed by atoms with Gasteiger partial charge < -0.3 is 16.4 Å². The topological polar surface area (TPSA) is 129 Å². The predicted molar refractivity (Wildman–Crippen MR) is 248 cm³/mol. The first kappa shape index (κ1) is 53.0. The number of nitriles is 1. The Kier molecular flexibility index (Phi) is 20.6. The molecule has 0 heterocycles. The van der Waals surface area contributed by atoms with Gasteiger partial charge in [0.1, 0.15) is 34.9 Å². The SMILES string of the molecule is CC(C)(C)c1ccc(CN=C=S)cc1.CCc1c(F)ccc(N)c1F.Cc1ccc(F)c(CNC(=S)NCc2ccc(C(C)(C)C)cc2)c1F.N#Cc1c(F)ccc([N+](=O)[O-])c1F.[HH].[HH]. The third kappa shape index (κ3) is 16.6. The number of rotatable bonds is 8. The highest BCUT2D eigenvalue weighted by atomic mass is 32.1. The maximum atomic E-state index is 14.0. The highest BCUT2D eigenvalue weighted by Crippen LogP contribution is 2.24. The fraction of sp³-hybridized carbons (Fsp3) is 0.298. The molecule has 0 unspecified atom stereocenters. The molecule has 4 N–H and O–H groups in total. The second kappa shape index (κ2) is 24.5. The van der Waals surface area contributed by atoms with Crippen molar-refractivity contribution in [1.82, 2.24) is 10.6 Å². The maximum Gasteiger partial charge on any atom is 0.306 e. The lowest BCUT2D eigenvalue weighted by Crippen LogP contribution is -2.34. The van der Waals surface area contributed by atoms with Gasteiger partial charge in [0, 0.05) is 33.1 Å². The summed E-state index contributed by atoms with van der Waals surface area (Å²) in [5, 5.41) is 27.0. The van der Waals surface area contributed by atoms with E-state index in [1.54, 1.807) is 13.8 Å². The Labute approximate surface area is 378 Å². The minimum absolute atomic E-state index is 0. The number of hydrogen-bond donors (Lipinski definition) is 3. The molecule has 0 fully saturated rings. The third-order valence-electron chi connectivity index (χ3n) is 9.17. The van der Waals surface area contributed by atoms with Crippen LogP contribution in [0.2, 0.25) is 0 Å². The molecule has 0 saturated heterocycles. The molecular weight excluding hydrogens is 859 g/mol. The minimum atomic E-state index is -1.44. The molecule has 8 nitrogen and oxygen atoms in total. The normalized spacial score (nSPS) is 10.6. The van der Waals surface area contributed by atoms with Gasteiger partial charge in [-0.15, -0.1) is 0 Å². The van der Waals surface area contributed by atoms with Crippen LogP contribution in [0.5, 0.6) is 0 Å². The Morgan fingerprint density at radius 2 is 1.24 bits per heavy atom. The van der Waals surface area contributed by atoms with Crippen molar-refractivity contribution in [3.8, 4) is 6.07 Å². The van der Waals surface area contributed by atoms with Crippen molar-refractivity contribution in [1.29, 1.82) is 5.26 Å². The van der Waals surface area contributed by atoms with Crippen molar-refractivity contribution in [2.75, 3.05) is 5.73 Å². The Morgan fingerprint density at radius 3 is 1.71 bits per heavy atom. The number of thiocarbonyl (C=S) groups is 2. The maximum absolute atomic E-state index is 14.0. The number of hydrogen-bond acceptors (Lipinski definition) is 7. The Hall–Kier alpha value is -6.14. The molecule has 0 aliphatic rings. The molecular formula is C47H54F6N6O2S2. The fourth-order valence-corrected chi connectivity index (χ4v) is 5.58. The Bertz CT molecular complexity index is 2450. The smallest absolute Gasteiger partial charge is 0.306 e. The van der Waals surface area contributed by atoms with E-state index in [0.29, 0.717) is 42.3 Å². The number of nitrogens with one attached hydrogen (secondary N) is 2. The van der Waals surface area contributed by atoms with Crippen molar-refractivity contribution in [3.05, 3.63) is 174 Å². The van der Waals surface area contributed by atoms with Gasteiger partial charge in [-0.25, -0.2) is 26.9 Å². The van der Waals surface area contributed by atoms with E-state index >= 15 is 0 Å². The highest BCUT2D eigenvalue weighted by molar-refractivity contribution is 7.80. The number of anilines is 1. The zero-order valence-corrected chi connectivity index (χ0v) is 37.9. The van der Waals surface area contributed by atoms with E-state index in [2.05, 4.69) is 123 Å². The molecule has 0 spiro atoms. The molecule has 0 amide bonds. The number of aryl methyl sites for hydroxylation is 1. The monoisotopic (exact) mass is 912 g/mol. The number of isothiocyanates is 1. The first-order valence-corrected chi connectivity index (χ1v) is 20.2. The summed E-state index contributed by atoms with van der Waals surface area (Å²) >= 11 is 9.71. The van der Waals surface area contributed by atoms with Gasteiger partial charge >= 0.3 is 5.69 Å². The summed E-state index contributed by atoms with van der Waals surface area (Å²) in [7, 11) is 0. The molecule has 0 aliphatic carbocycles. The van der Waals surface area contributed by atoms with E-state index in [1.807, 2.05) is 0 Å². The second-order valence-corrected chi connectivity index (χ2v) is 16.5. The third-order valence-corrected chi connectivity index (χ3v) is 9.59. The van der Waals surface area contributed by atoms with E-state index in [1.165, 1.54) is 47.0 Å². The minimum Gasteiger partial charge on any atom is -0.396 e. The largest absolute Gasteiger partial charge is 0.396 e. The van der Waals surface area contributed by atoms with Crippen LogP contribution in [-0.2, 0) is 36.9 Å². The Morgan fingerprint density at radius 1 is 0.746 bits per heavy atom. The van der Waals surface area contributed by atoms with Gasteiger partial charge in [0.2, 0.25) is 5.82 Å². The number of benzene rings is 5. The molecule has 0 radical (unpaired) electrons. The van der Waals surface area contributed by atoms with Gasteiger partial charge in [-0.2, -0.15) is 9.65 Å². The lowest BCUT2D eigenvalue weighted by Gasteiger charge is -2.19. The molecule has 63 heavy (non-hydrogen) atoms. The summed E-state index contributed by atoms with van der Waals surface area (Å²) in [5.41, 5.74) is 9.06. The molecule has 5 aromatic rings. The number of halogens is 6. The quantitative estimate of drug-likeness (QED) is 0.0350. The zero-order chi connectivity index (χ0) is 47.7. The van der Waals surface area contributed by atoms with E-state index in [0.717, 1.165) is 5.56 Å². The number of nitro groups is 1. The first-order valence-electron chi connectivity index (χ1n) is 19.4. The second-order valence-electron chi connectivity index (χ2n) is 15.9. The lowest BCUT2D eigenvalue weighted by molar-refractivity contribution is -0.387. The summed E-state index contributed by atoms with van der Waals surface area (Å²) in [6, 6.07) is 24.4. The summed E-state index contributed by atoms with van der Waals surface area (Å²) in [5.74, 6) is -4.81. The van der Waals surface area contributed by atoms with Crippen LogP contribution in [0.1, 0.15) is 95.8 Å². The van der Waals surface area contributed by atoms with Crippen LogP contribution in [0.15, 0.2) is 89.9 Å². The van der Waals surface area contributed by atoms with Gasteiger partial charge in [-0.1, -0.05) is 103 Å². The molecule has 5 rings (SSSR count). The van der Waals surface area contributed by atoms with Crippen LogP contribution in [-0.4, -0.2) is 15.2 Å². The van der Waals surface area contributed by atoms with E-state index in [9.17, 15) is 36.5 Å².